The first-order valence-electron chi connectivity index (χ1n) is 4.31. The van der Waals surface area contributed by atoms with Gasteiger partial charge in [0, 0.05) is 6.04 Å². The number of nitrogens with two attached hydrogens (primary N) is 1. The fourth-order valence-electron chi connectivity index (χ4n) is 1.30. The molecule has 0 bridgehead atoms. The highest BCUT2D eigenvalue weighted by atomic mass is 16.4. The van der Waals surface area contributed by atoms with E-state index in [1.165, 1.54) is 18.2 Å². The topological polar surface area (TPSA) is 83.5 Å². The predicted molar refractivity (Wildman–Crippen MR) is 52.4 cm³/mol. The lowest BCUT2D eigenvalue weighted by atomic mass is 10.0. The molecule has 0 aliphatic heterocycles. The third kappa shape index (κ3) is 2.47. The summed E-state index contributed by atoms with van der Waals surface area (Å²) >= 11 is 0. The molecular weight excluding hydrogens is 182 g/mol. The van der Waals surface area contributed by atoms with E-state index in [4.69, 9.17) is 10.8 Å². The van der Waals surface area contributed by atoms with Crippen LogP contribution >= 0.6 is 0 Å². The Labute approximate surface area is 82.0 Å². The number of aromatic carboxylic acids is 1. The molecule has 0 saturated heterocycles. The lowest BCUT2D eigenvalue weighted by Crippen LogP contribution is -2.19. The van der Waals surface area contributed by atoms with E-state index >= 15 is 0 Å². The Morgan fingerprint density at radius 1 is 1.57 bits per heavy atom. The van der Waals surface area contributed by atoms with E-state index in [-0.39, 0.29) is 17.4 Å². The summed E-state index contributed by atoms with van der Waals surface area (Å²) in [6.45, 7) is 1.79. The Morgan fingerprint density at radius 2 is 2.21 bits per heavy atom. The normalized spacial score (nSPS) is 12.4. The fraction of sp³-hybridized carbons (Fsp3) is 0.300. The summed E-state index contributed by atoms with van der Waals surface area (Å²) in [5, 5.41) is 18.0. The molecule has 0 saturated carbocycles. The van der Waals surface area contributed by atoms with Crippen LogP contribution in [0.15, 0.2) is 18.2 Å². The van der Waals surface area contributed by atoms with Crippen LogP contribution in [0.5, 0.6) is 5.75 Å². The van der Waals surface area contributed by atoms with E-state index in [9.17, 15) is 9.90 Å². The van der Waals surface area contributed by atoms with Gasteiger partial charge in [-0.2, -0.15) is 0 Å². The van der Waals surface area contributed by atoms with Crippen molar-refractivity contribution in [1.29, 1.82) is 0 Å². The number of carboxylic acids is 1. The van der Waals surface area contributed by atoms with Gasteiger partial charge in [-0.05, 0) is 37.1 Å². The van der Waals surface area contributed by atoms with E-state index < -0.39 is 5.97 Å². The number of aromatic hydroxyl groups is 1. The van der Waals surface area contributed by atoms with Gasteiger partial charge in [-0.3, -0.25) is 0 Å². The van der Waals surface area contributed by atoms with Crippen LogP contribution < -0.4 is 5.73 Å². The Bertz CT molecular complexity index is 347. The number of rotatable bonds is 3. The predicted octanol–water partition coefficient (Wildman–Crippen LogP) is 0.980. The number of phenolic OH excluding ortho intramolecular Hbond substituents is 1. The van der Waals surface area contributed by atoms with Crippen molar-refractivity contribution in [2.24, 2.45) is 5.73 Å². The molecule has 0 aromatic heterocycles. The van der Waals surface area contributed by atoms with Crippen molar-refractivity contribution in [3.63, 3.8) is 0 Å². The van der Waals surface area contributed by atoms with E-state index in [2.05, 4.69) is 0 Å². The van der Waals surface area contributed by atoms with Crippen molar-refractivity contribution in [2.75, 3.05) is 0 Å². The molecule has 1 aromatic carbocycles. The van der Waals surface area contributed by atoms with Crippen LogP contribution in [0, 0.1) is 0 Å². The Balaban J connectivity index is 3.09. The highest BCUT2D eigenvalue weighted by Gasteiger charge is 2.11. The van der Waals surface area contributed by atoms with Crippen LogP contribution in [0.2, 0.25) is 0 Å². The molecule has 14 heavy (non-hydrogen) atoms. The number of phenols is 1. The second-order valence-electron chi connectivity index (χ2n) is 3.33. The second kappa shape index (κ2) is 4.11. The standard InChI is InChI=1S/C10H13NO3/c1-6(11)4-7-5-8(12)2-3-9(7)10(13)14/h2-3,5-6,12H,4,11H2,1H3,(H,13,14)/t6-/m0/s1. The lowest BCUT2D eigenvalue weighted by molar-refractivity contribution is 0.0695. The largest absolute Gasteiger partial charge is 0.508 e. The first kappa shape index (κ1) is 10.5. The van der Waals surface area contributed by atoms with Gasteiger partial charge in [-0.1, -0.05) is 0 Å². The Kier molecular flexibility index (Phi) is 3.09. The molecular formula is C10H13NO3. The molecule has 0 aliphatic carbocycles. The summed E-state index contributed by atoms with van der Waals surface area (Å²) in [5.74, 6) is -0.939. The highest BCUT2D eigenvalue weighted by Crippen LogP contribution is 2.17. The smallest absolute Gasteiger partial charge is 0.335 e. The molecule has 4 heteroatoms. The average Bonchev–Trinajstić information content (AvgIpc) is 2.01. The number of carboxylic acid groups (broad SMARTS) is 1. The van der Waals surface area contributed by atoms with E-state index in [0.29, 0.717) is 12.0 Å². The van der Waals surface area contributed by atoms with Gasteiger partial charge in [0.25, 0.3) is 0 Å². The van der Waals surface area contributed by atoms with Crippen LogP contribution in [0.25, 0.3) is 0 Å². The van der Waals surface area contributed by atoms with E-state index in [1.807, 2.05) is 0 Å². The number of benzene rings is 1. The molecule has 0 aliphatic rings. The summed E-state index contributed by atoms with van der Waals surface area (Å²) in [4.78, 5) is 10.8. The first-order valence-corrected chi connectivity index (χ1v) is 4.31. The van der Waals surface area contributed by atoms with Crippen LogP contribution in [0.3, 0.4) is 0 Å². The molecule has 1 atom stereocenters. The van der Waals surface area contributed by atoms with Crippen molar-refractivity contribution in [3.05, 3.63) is 29.3 Å². The van der Waals surface area contributed by atoms with Crippen molar-refractivity contribution in [3.8, 4) is 5.75 Å². The second-order valence-corrected chi connectivity index (χ2v) is 3.33. The van der Waals surface area contributed by atoms with Gasteiger partial charge < -0.3 is 15.9 Å². The molecule has 0 spiro atoms. The SMILES string of the molecule is C[C@H](N)Cc1cc(O)ccc1C(=O)O. The van der Waals surface area contributed by atoms with Gasteiger partial charge in [0.1, 0.15) is 5.75 Å². The van der Waals surface area contributed by atoms with Crippen LogP contribution in [-0.4, -0.2) is 22.2 Å². The minimum Gasteiger partial charge on any atom is -0.508 e. The Hall–Kier alpha value is -1.55. The highest BCUT2D eigenvalue weighted by molar-refractivity contribution is 5.89. The molecule has 0 fully saturated rings. The maximum absolute atomic E-state index is 10.8. The molecule has 0 unspecified atom stereocenters. The van der Waals surface area contributed by atoms with Gasteiger partial charge in [-0.25, -0.2) is 4.79 Å². The van der Waals surface area contributed by atoms with E-state index in [0.717, 1.165) is 0 Å². The Morgan fingerprint density at radius 3 is 2.71 bits per heavy atom. The van der Waals surface area contributed by atoms with Crippen LogP contribution in [0.1, 0.15) is 22.8 Å². The van der Waals surface area contributed by atoms with Crippen LogP contribution in [0.4, 0.5) is 0 Å². The molecule has 1 aromatic rings. The minimum absolute atomic E-state index is 0.0608. The van der Waals surface area contributed by atoms with E-state index in [1.54, 1.807) is 6.92 Å². The third-order valence-electron chi connectivity index (χ3n) is 1.86. The molecule has 4 N–H and O–H groups in total. The van der Waals surface area contributed by atoms with Gasteiger partial charge >= 0.3 is 5.97 Å². The quantitative estimate of drug-likeness (QED) is 0.671. The third-order valence-corrected chi connectivity index (χ3v) is 1.86. The average molecular weight is 195 g/mol. The molecule has 76 valence electrons. The molecule has 0 amide bonds. The summed E-state index contributed by atoms with van der Waals surface area (Å²) in [6, 6.07) is 4.05. The van der Waals surface area contributed by atoms with Crippen molar-refractivity contribution >= 4 is 5.97 Å². The zero-order chi connectivity index (χ0) is 10.7. The zero-order valence-electron chi connectivity index (χ0n) is 7.90. The maximum atomic E-state index is 10.8. The van der Waals surface area contributed by atoms with Crippen LogP contribution in [-0.2, 0) is 6.42 Å². The molecule has 1 rings (SSSR count). The van der Waals surface area contributed by atoms with Crippen molar-refractivity contribution in [1.82, 2.24) is 0 Å². The summed E-state index contributed by atoms with van der Waals surface area (Å²) in [7, 11) is 0. The number of hydrogen-bond donors (Lipinski definition) is 3. The van der Waals surface area contributed by atoms with Gasteiger partial charge in [-0.15, -0.1) is 0 Å². The molecule has 0 heterocycles. The maximum Gasteiger partial charge on any atom is 0.335 e. The number of carbonyl (C=O) groups is 1. The van der Waals surface area contributed by atoms with Crippen molar-refractivity contribution < 1.29 is 15.0 Å². The number of hydrogen-bond acceptors (Lipinski definition) is 3. The van der Waals surface area contributed by atoms with Gasteiger partial charge in [0.2, 0.25) is 0 Å². The van der Waals surface area contributed by atoms with Gasteiger partial charge in [0.05, 0.1) is 5.56 Å². The molecule has 4 nitrogen and oxygen atoms in total. The van der Waals surface area contributed by atoms with Crippen molar-refractivity contribution in [2.45, 2.75) is 19.4 Å². The zero-order valence-corrected chi connectivity index (χ0v) is 7.90. The summed E-state index contributed by atoms with van der Waals surface area (Å²) < 4.78 is 0. The summed E-state index contributed by atoms with van der Waals surface area (Å²) in [5.41, 5.74) is 6.33. The first-order chi connectivity index (χ1) is 6.50. The molecule has 0 radical (unpaired) electrons. The fourth-order valence-corrected chi connectivity index (χ4v) is 1.30. The van der Waals surface area contributed by atoms with Gasteiger partial charge in [0.15, 0.2) is 0 Å². The lowest BCUT2D eigenvalue weighted by Gasteiger charge is -2.08. The monoisotopic (exact) mass is 195 g/mol. The minimum atomic E-state index is -0.999. The summed E-state index contributed by atoms with van der Waals surface area (Å²) in [6.07, 6.45) is 0.441.